The summed E-state index contributed by atoms with van der Waals surface area (Å²) in [6.45, 7) is 0. The second-order valence-corrected chi connectivity index (χ2v) is 4.59. The van der Waals surface area contributed by atoms with Crippen LogP contribution < -0.4 is 0 Å². The molecule has 0 saturated heterocycles. The molecular formula is C14H8Cl2O. The van der Waals surface area contributed by atoms with Crippen molar-refractivity contribution in [2.24, 2.45) is 0 Å². The largest absolute Gasteiger partial charge is 0.456 e. The topological polar surface area (TPSA) is 13.1 Å². The van der Waals surface area contributed by atoms with Gasteiger partial charge in [0.1, 0.15) is 11.3 Å². The first-order valence-corrected chi connectivity index (χ1v) is 5.93. The maximum absolute atomic E-state index is 5.99. The van der Waals surface area contributed by atoms with Crippen molar-refractivity contribution >= 4 is 34.2 Å². The predicted octanol–water partition coefficient (Wildman–Crippen LogP) is 5.41. The number of halogens is 2. The minimum Gasteiger partial charge on any atom is -0.456 e. The summed E-state index contributed by atoms with van der Waals surface area (Å²) in [7, 11) is 0. The molecule has 1 nitrogen and oxygen atoms in total. The zero-order valence-electron chi connectivity index (χ0n) is 8.78. The van der Waals surface area contributed by atoms with E-state index < -0.39 is 0 Å². The van der Waals surface area contributed by atoms with E-state index in [0.717, 1.165) is 22.3 Å². The van der Waals surface area contributed by atoms with E-state index in [1.54, 1.807) is 6.07 Å². The van der Waals surface area contributed by atoms with Crippen LogP contribution in [0.5, 0.6) is 0 Å². The van der Waals surface area contributed by atoms with Crippen molar-refractivity contribution in [3.63, 3.8) is 0 Å². The average molecular weight is 263 g/mol. The Bertz CT molecular complexity index is 653. The average Bonchev–Trinajstić information content (AvgIpc) is 2.76. The van der Waals surface area contributed by atoms with Crippen LogP contribution in [0, 0.1) is 0 Å². The highest BCUT2D eigenvalue weighted by Gasteiger charge is 2.07. The fourth-order valence-electron chi connectivity index (χ4n) is 1.77. The first-order valence-electron chi connectivity index (χ1n) is 5.18. The molecule has 3 rings (SSSR count). The van der Waals surface area contributed by atoms with E-state index in [1.165, 1.54) is 0 Å². The molecule has 0 aliphatic carbocycles. The van der Waals surface area contributed by atoms with Crippen LogP contribution in [0.4, 0.5) is 0 Å². The fraction of sp³-hybridized carbons (Fsp3) is 0. The maximum Gasteiger partial charge on any atom is 0.135 e. The third kappa shape index (κ3) is 1.92. The van der Waals surface area contributed by atoms with Gasteiger partial charge in [-0.2, -0.15) is 0 Å². The lowest BCUT2D eigenvalue weighted by Crippen LogP contribution is -1.74. The Morgan fingerprint density at radius 3 is 2.41 bits per heavy atom. The standard InChI is InChI=1S/C14H8Cl2O/c15-11-6-5-10(7-12(11)16)14-8-9-3-1-2-4-13(9)17-14/h1-8H. The molecule has 0 saturated carbocycles. The molecule has 0 bridgehead atoms. The molecular weight excluding hydrogens is 255 g/mol. The molecule has 3 aromatic rings. The second-order valence-electron chi connectivity index (χ2n) is 3.78. The minimum absolute atomic E-state index is 0.532. The number of fused-ring (bicyclic) bond motifs is 1. The van der Waals surface area contributed by atoms with E-state index in [0.29, 0.717) is 10.0 Å². The number of hydrogen-bond donors (Lipinski definition) is 0. The number of furan rings is 1. The number of benzene rings is 2. The van der Waals surface area contributed by atoms with Crippen LogP contribution in [-0.2, 0) is 0 Å². The first kappa shape index (κ1) is 10.7. The Hall–Kier alpha value is -1.44. The van der Waals surface area contributed by atoms with Gasteiger partial charge in [0, 0.05) is 10.9 Å². The molecule has 0 aliphatic rings. The third-order valence-corrected chi connectivity index (χ3v) is 3.37. The van der Waals surface area contributed by atoms with Crippen LogP contribution >= 0.6 is 23.2 Å². The first-order chi connectivity index (χ1) is 8.24. The number of hydrogen-bond acceptors (Lipinski definition) is 1. The molecule has 17 heavy (non-hydrogen) atoms. The summed E-state index contributed by atoms with van der Waals surface area (Å²) >= 11 is 11.9. The van der Waals surface area contributed by atoms with E-state index in [1.807, 2.05) is 42.5 Å². The summed E-state index contributed by atoms with van der Waals surface area (Å²) in [6, 6.07) is 15.4. The third-order valence-electron chi connectivity index (χ3n) is 2.63. The van der Waals surface area contributed by atoms with Crippen LogP contribution in [0.25, 0.3) is 22.3 Å². The zero-order valence-corrected chi connectivity index (χ0v) is 10.3. The molecule has 0 unspecified atom stereocenters. The van der Waals surface area contributed by atoms with Gasteiger partial charge >= 0.3 is 0 Å². The summed E-state index contributed by atoms with van der Waals surface area (Å²) in [5, 5.41) is 2.16. The van der Waals surface area contributed by atoms with Crippen LogP contribution in [0.1, 0.15) is 0 Å². The van der Waals surface area contributed by atoms with E-state index in [9.17, 15) is 0 Å². The lowest BCUT2D eigenvalue weighted by Gasteiger charge is -1.99. The summed E-state index contributed by atoms with van der Waals surface area (Å²) in [4.78, 5) is 0. The maximum atomic E-state index is 5.99. The Balaban J connectivity index is 2.17. The molecule has 0 radical (unpaired) electrons. The van der Waals surface area contributed by atoms with Crippen molar-refractivity contribution in [2.75, 3.05) is 0 Å². The van der Waals surface area contributed by atoms with Crippen LogP contribution in [0.2, 0.25) is 10.0 Å². The van der Waals surface area contributed by atoms with Crippen molar-refractivity contribution in [1.82, 2.24) is 0 Å². The molecule has 0 spiro atoms. The van der Waals surface area contributed by atoms with Crippen LogP contribution in [0.3, 0.4) is 0 Å². The van der Waals surface area contributed by atoms with Gasteiger partial charge in [-0.15, -0.1) is 0 Å². The highest BCUT2D eigenvalue weighted by molar-refractivity contribution is 6.42. The normalized spacial score (nSPS) is 10.9. The lowest BCUT2D eigenvalue weighted by molar-refractivity contribution is 0.631. The van der Waals surface area contributed by atoms with Gasteiger partial charge in [-0.25, -0.2) is 0 Å². The SMILES string of the molecule is Clc1ccc(-c2cc3ccccc3o2)cc1Cl. The molecule has 84 valence electrons. The van der Waals surface area contributed by atoms with Gasteiger partial charge in [-0.05, 0) is 30.3 Å². The van der Waals surface area contributed by atoms with E-state index in [4.69, 9.17) is 27.6 Å². The van der Waals surface area contributed by atoms with Gasteiger partial charge in [-0.3, -0.25) is 0 Å². The Morgan fingerprint density at radius 1 is 0.824 bits per heavy atom. The zero-order chi connectivity index (χ0) is 11.8. The number of rotatable bonds is 1. The number of para-hydroxylation sites is 1. The van der Waals surface area contributed by atoms with Gasteiger partial charge < -0.3 is 4.42 Å². The van der Waals surface area contributed by atoms with Gasteiger partial charge in [0.15, 0.2) is 0 Å². The highest BCUT2D eigenvalue weighted by atomic mass is 35.5. The molecule has 0 fully saturated rings. The highest BCUT2D eigenvalue weighted by Crippen LogP contribution is 2.31. The van der Waals surface area contributed by atoms with Gasteiger partial charge in [0.05, 0.1) is 10.0 Å². The van der Waals surface area contributed by atoms with E-state index in [2.05, 4.69) is 0 Å². The minimum atomic E-state index is 0.532. The van der Waals surface area contributed by atoms with E-state index >= 15 is 0 Å². The molecule has 0 amide bonds. The molecule has 0 aliphatic heterocycles. The van der Waals surface area contributed by atoms with Crippen molar-refractivity contribution in [2.45, 2.75) is 0 Å². The molecule has 0 N–H and O–H groups in total. The van der Waals surface area contributed by atoms with Crippen molar-refractivity contribution in [3.8, 4) is 11.3 Å². The summed E-state index contributed by atoms with van der Waals surface area (Å²) < 4.78 is 5.75. The van der Waals surface area contributed by atoms with Gasteiger partial charge in [0.2, 0.25) is 0 Å². The Morgan fingerprint density at radius 2 is 1.65 bits per heavy atom. The summed E-state index contributed by atoms with van der Waals surface area (Å²) in [6.07, 6.45) is 0. The second kappa shape index (κ2) is 4.10. The van der Waals surface area contributed by atoms with Crippen molar-refractivity contribution in [1.29, 1.82) is 0 Å². The Labute approximate surface area is 109 Å². The van der Waals surface area contributed by atoms with Crippen molar-refractivity contribution < 1.29 is 4.42 Å². The van der Waals surface area contributed by atoms with Crippen LogP contribution in [-0.4, -0.2) is 0 Å². The summed E-state index contributed by atoms with van der Waals surface area (Å²) in [5.41, 5.74) is 1.80. The lowest BCUT2D eigenvalue weighted by atomic mass is 10.1. The molecule has 0 atom stereocenters. The van der Waals surface area contributed by atoms with Gasteiger partial charge in [0.25, 0.3) is 0 Å². The predicted molar refractivity (Wildman–Crippen MR) is 71.7 cm³/mol. The molecule has 2 aromatic carbocycles. The van der Waals surface area contributed by atoms with E-state index in [-0.39, 0.29) is 0 Å². The molecule has 3 heteroatoms. The molecule has 1 heterocycles. The monoisotopic (exact) mass is 262 g/mol. The fourth-order valence-corrected chi connectivity index (χ4v) is 2.07. The van der Waals surface area contributed by atoms with Gasteiger partial charge in [-0.1, -0.05) is 41.4 Å². The smallest absolute Gasteiger partial charge is 0.135 e. The molecule has 1 aromatic heterocycles. The van der Waals surface area contributed by atoms with Crippen molar-refractivity contribution in [3.05, 3.63) is 58.6 Å². The summed E-state index contributed by atoms with van der Waals surface area (Å²) in [5.74, 6) is 0.796. The quantitative estimate of drug-likeness (QED) is 0.572. The Kier molecular flexibility index (Phi) is 2.58. The van der Waals surface area contributed by atoms with Crippen LogP contribution in [0.15, 0.2) is 52.9 Å².